The summed E-state index contributed by atoms with van der Waals surface area (Å²) in [5.74, 6) is 1.12. The molecule has 2 aromatic heterocycles. The molecule has 3 aliphatic rings. The molecule has 0 aromatic carbocycles. The summed E-state index contributed by atoms with van der Waals surface area (Å²) in [4.78, 5) is 3.15. The highest BCUT2D eigenvalue weighted by Crippen LogP contribution is 2.41. The summed E-state index contributed by atoms with van der Waals surface area (Å²) in [5, 5.41) is 15.6. The zero-order valence-corrected chi connectivity index (χ0v) is 17.8. The van der Waals surface area contributed by atoms with Crippen molar-refractivity contribution >= 4 is 11.3 Å². The summed E-state index contributed by atoms with van der Waals surface area (Å²) >= 11 is 1.88. The van der Waals surface area contributed by atoms with Gasteiger partial charge in [-0.1, -0.05) is 44.6 Å². The standard InChI is InChI=1S/C22H33N5S/c1-3-9-18(10-4-1)27-21(23-24-25-27)20(19-11-7-16-28-19)26-15-8-14-22(17-26)12-5-2-6-13-22/h7,11,16,18,20H,1-6,8-10,12-15,17H2/p+1/t20-/m0/s1. The van der Waals surface area contributed by atoms with E-state index in [9.17, 15) is 0 Å². The van der Waals surface area contributed by atoms with Gasteiger partial charge in [0.1, 0.15) is 0 Å². The molecule has 1 unspecified atom stereocenters. The molecular weight excluding hydrogens is 366 g/mol. The van der Waals surface area contributed by atoms with Crippen LogP contribution in [0.4, 0.5) is 0 Å². The van der Waals surface area contributed by atoms with E-state index < -0.39 is 0 Å². The molecule has 5 rings (SSSR count). The second-order valence-electron chi connectivity index (χ2n) is 9.47. The van der Waals surface area contributed by atoms with Crippen LogP contribution < -0.4 is 4.90 Å². The SMILES string of the molecule is c1csc([C@@H](c2nnnn2C2CCCCC2)[NH+]2CCCC3(CCCCC3)C2)c1. The van der Waals surface area contributed by atoms with E-state index in [0.717, 1.165) is 5.82 Å². The third-order valence-corrected chi connectivity index (χ3v) is 8.59. The molecule has 152 valence electrons. The Hall–Kier alpha value is -1.27. The summed E-state index contributed by atoms with van der Waals surface area (Å²) in [7, 11) is 0. The number of thiophene rings is 1. The molecule has 5 nitrogen and oxygen atoms in total. The van der Waals surface area contributed by atoms with Crippen LogP contribution in [-0.4, -0.2) is 33.3 Å². The first-order chi connectivity index (χ1) is 13.8. The first kappa shape index (κ1) is 18.7. The van der Waals surface area contributed by atoms with Crippen LogP contribution in [0, 0.1) is 5.41 Å². The highest BCUT2D eigenvalue weighted by Gasteiger charge is 2.44. The molecule has 1 N–H and O–H groups in total. The van der Waals surface area contributed by atoms with Gasteiger partial charge in [-0.05, 0) is 60.4 Å². The first-order valence-corrected chi connectivity index (χ1v) is 12.4. The van der Waals surface area contributed by atoms with Crippen LogP contribution >= 0.6 is 11.3 Å². The Morgan fingerprint density at radius 1 is 1.04 bits per heavy atom. The molecule has 2 aromatic rings. The van der Waals surface area contributed by atoms with E-state index in [2.05, 4.69) is 37.7 Å². The molecule has 2 saturated carbocycles. The third-order valence-electron chi connectivity index (χ3n) is 7.65. The Morgan fingerprint density at radius 2 is 1.82 bits per heavy atom. The molecule has 28 heavy (non-hydrogen) atoms. The van der Waals surface area contributed by atoms with E-state index >= 15 is 0 Å². The Morgan fingerprint density at radius 3 is 2.61 bits per heavy atom. The number of nitrogens with zero attached hydrogens (tertiary/aromatic N) is 4. The lowest BCUT2D eigenvalue weighted by molar-refractivity contribution is -0.938. The van der Waals surface area contributed by atoms with Gasteiger partial charge in [-0.25, -0.2) is 4.68 Å². The summed E-state index contributed by atoms with van der Waals surface area (Å²) in [6.45, 7) is 2.55. The maximum Gasteiger partial charge on any atom is 0.215 e. The molecule has 1 saturated heterocycles. The van der Waals surface area contributed by atoms with Gasteiger partial charge in [0.05, 0.1) is 24.0 Å². The van der Waals surface area contributed by atoms with Crippen molar-refractivity contribution < 1.29 is 4.90 Å². The average Bonchev–Trinajstić information content (AvgIpc) is 3.43. The lowest BCUT2D eigenvalue weighted by atomic mass is 9.69. The molecular formula is C22H34N5S+. The second-order valence-corrected chi connectivity index (χ2v) is 10.5. The van der Waals surface area contributed by atoms with Crippen molar-refractivity contribution in [2.45, 2.75) is 89.1 Å². The lowest BCUT2D eigenvalue weighted by Gasteiger charge is -2.44. The molecule has 3 fully saturated rings. The van der Waals surface area contributed by atoms with E-state index in [0.29, 0.717) is 17.5 Å². The van der Waals surface area contributed by atoms with Crippen molar-refractivity contribution in [1.29, 1.82) is 0 Å². The van der Waals surface area contributed by atoms with Crippen LogP contribution in [0.5, 0.6) is 0 Å². The van der Waals surface area contributed by atoms with Crippen LogP contribution in [0.2, 0.25) is 0 Å². The number of aromatic nitrogens is 4. The zero-order chi connectivity index (χ0) is 18.8. The molecule has 3 heterocycles. The predicted molar refractivity (Wildman–Crippen MR) is 112 cm³/mol. The van der Waals surface area contributed by atoms with Crippen LogP contribution in [0.1, 0.15) is 99.8 Å². The third kappa shape index (κ3) is 3.65. The number of quaternary nitrogens is 1. The van der Waals surface area contributed by atoms with Gasteiger partial charge in [0.2, 0.25) is 5.82 Å². The van der Waals surface area contributed by atoms with Crippen molar-refractivity contribution in [3.05, 3.63) is 28.2 Å². The Labute approximate surface area is 172 Å². The number of piperidine rings is 1. The molecule has 2 atom stereocenters. The molecule has 0 bridgehead atoms. The number of hydrogen-bond acceptors (Lipinski definition) is 4. The summed E-state index contributed by atoms with van der Waals surface area (Å²) < 4.78 is 2.22. The maximum atomic E-state index is 4.64. The largest absolute Gasteiger partial charge is 0.321 e. The van der Waals surface area contributed by atoms with Crippen LogP contribution in [0.15, 0.2) is 17.5 Å². The molecule has 2 aliphatic carbocycles. The molecule has 0 radical (unpaired) electrons. The van der Waals surface area contributed by atoms with Gasteiger partial charge in [-0.3, -0.25) is 0 Å². The highest BCUT2D eigenvalue weighted by atomic mass is 32.1. The average molecular weight is 401 g/mol. The highest BCUT2D eigenvalue weighted by molar-refractivity contribution is 7.10. The van der Waals surface area contributed by atoms with E-state index in [1.54, 1.807) is 4.90 Å². The fourth-order valence-corrected chi connectivity index (χ4v) is 7.15. The van der Waals surface area contributed by atoms with Crippen LogP contribution in [-0.2, 0) is 0 Å². The van der Waals surface area contributed by atoms with Crippen LogP contribution in [0.25, 0.3) is 0 Å². The fourth-order valence-electron chi connectivity index (χ4n) is 6.27. The second kappa shape index (κ2) is 8.23. The minimum absolute atomic E-state index is 0.302. The molecule has 6 heteroatoms. The minimum Gasteiger partial charge on any atom is -0.321 e. The van der Waals surface area contributed by atoms with E-state index in [4.69, 9.17) is 0 Å². The smallest absolute Gasteiger partial charge is 0.215 e. The predicted octanol–water partition coefficient (Wildman–Crippen LogP) is 3.96. The molecule has 0 amide bonds. The Kier molecular flexibility index (Phi) is 5.51. The van der Waals surface area contributed by atoms with Crippen molar-refractivity contribution in [1.82, 2.24) is 20.2 Å². The monoisotopic (exact) mass is 400 g/mol. The van der Waals surface area contributed by atoms with E-state index in [1.165, 1.54) is 95.0 Å². The van der Waals surface area contributed by atoms with E-state index in [-0.39, 0.29) is 0 Å². The quantitative estimate of drug-likeness (QED) is 0.845. The normalized spacial score (nSPS) is 27.1. The molecule has 1 spiro atoms. The molecule has 1 aliphatic heterocycles. The van der Waals surface area contributed by atoms with Gasteiger partial charge in [-0.2, -0.15) is 0 Å². The van der Waals surface area contributed by atoms with E-state index in [1.807, 2.05) is 11.3 Å². The zero-order valence-electron chi connectivity index (χ0n) is 17.0. The van der Waals surface area contributed by atoms with Gasteiger partial charge in [-0.15, -0.1) is 16.4 Å². The van der Waals surface area contributed by atoms with Gasteiger partial charge >= 0.3 is 0 Å². The fraction of sp³-hybridized carbons (Fsp3) is 0.773. The van der Waals surface area contributed by atoms with Gasteiger partial charge < -0.3 is 4.90 Å². The van der Waals surface area contributed by atoms with Gasteiger partial charge in [0, 0.05) is 5.41 Å². The Balaban J connectivity index is 1.47. The van der Waals surface area contributed by atoms with Crippen molar-refractivity contribution in [2.24, 2.45) is 5.41 Å². The maximum absolute atomic E-state index is 4.64. The van der Waals surface area contributed by atoms with Crippen molar-refractivity contribution in [3.63, 3.8) is 0 Å². The van der Waals surface area contributed by atoms with Gasteiger partial charge in [0.25, 0.3) is 0 Å². The Bertz CT molecular complexity index is 737. The van der Waals surface area contributed by atoms with Gasteiger partial charge in [0.15, 0.2) is 6.04 Å². The topological polar surface area (TPSA) is 48.0 Å². The number of rotatable bonds is 4. The number of hydrogen-bond donors (Lipinski definition) is 1. The van der Waals surface area contributed by atoms with Crippen molar-refractivity contribution in [2.75, 3.05) is 13.1 Å². The summed E-state index contributed by atoms with van der Waals surface area (Å²) in [6.07, 6.45) is 16.4. The summed E-state index contributed by atoms with van der Waals surface area (Å²) in [5.41, 5.74) is 0.574. The summed E-state index contributed by atoms with van der Waals surface area (Å²) in [6, 6.07) is 5.30. The minimum atomic E-state index is 0.302. The lowest BCUT2D eigenvalue weighted by Crippen LogP contribution is -3.14. The van der Waals surface area contributed by atoms with Crippen LogP contribution in [0.3, 0.4) is 0 Å². The first-order valence-electron chi connectivity index (χ1n) is 11.5. The number of tetrazole rings is 1. The number of likely N-dealkylation sites (tertiary alicyclic amines) is 1. The van der Waals surface area contributed by atoms with Crippen molar-refractivity contribution in [3.8, 4) is 0 Å². The number of nitrogens with one attached hydrogen (secondary N) is 1.